The van der Waals surface area contributed by atoms with Gasteiger partial charge in [-0.05, 0) is 56.6 Å². The van der Waals surface area contributed by atoms with Crippen LogP contribution in [0.15, 0.2) is 18.5 Å². The second kappa shape index (κ2) is 5.56. The van der Waals surface area contributed by atoms with Gasteiger partial charge < -0.3 is 9.80 Å². The minimum absolute atomic E-state index is 0.851. The molecule has 1 saturated heterocycles. The third kappa shape index (κ3) is 2.78. The summed E-state index contributed by atoms with van der Waals surface area (Å²) in [6.45, 7) is 3.63. The summed E-state index contributed by atoms with van der Waals surface area (Å²) >= 11 is 0. The summed E-state index contributed by atoms with van der Waals surface area (Å²) in [7, 11) is 2.33. The van der Waals surface area contributed by atoms with Crippen LogP contribution in [0.5, 0.6) is 0 Å². The Kier molecular flexibility index (Phi) is 3.57. The van der Waals surface area contributed by atoms with Crippen LogP contribution in [0, 0.1) is 17.8 Å². The van der Waals surface area contributed by atoms with Crippen molar-refractivity contribution in [1.29, 1.82) is 0 Å². The zero-order valence-corrected chi connectivity index (χ0v) is 13.0. The standard InChI is InChI=1S/C17H26N4/c1-20(15-6-7-15)10-13-4-2-5-14-11-21(12-16(13)14)17-18-8-3-9-19-17/h3,8-9,13-16H,2,4-7,10-12H2,1H3/t13-,14+,16+/m0/s1. The van der Waals surface area contributed by atoms with E-state index in [9.17, 15) is 0 Å². The number of anilines is 1. The van der Waals surface area contributed by atoms with Crippen LogP contribution in [0.25, 0.3) is 0 Å². The van der Waals surface area contributed by atoms with Crippen LogP contribution in [0.3, 0.4) is 0 Å². The molecule has 3 atom stereocenters. The van der Waals surface area contributed by atoms with Crippen LogP contribution in [0.1, 0.15) is 32.1 Å². The van der Waals surface area contributed by atoms with Crippen LogP contribution in [0.2, 0.25) is 0 Å². The summed E-state index contributed by atoms with van der Waals surface area (Å²) in [6, 6.07) is 2.79. The van der Waals surface area contributed by atoms with Crippen molar-refractivity contribution in [3.8, 4) is 0 Å². The number of nitrogens with zero attached hydrogens (tertiary/aromatic N) is 4. The maximum atomic E-state index is 4.45. The van der Waals surface area contributed by atoms with Crippen molar-refractivity contribution < 1.29 is 0 Å². The zero-order chi connectivity index (χ0) is 14.2. The van der Waals surface area contributed by atoms with Crippen molar-refractivity contribution in [2.45, 2.75) is 38.1 Å². The molecule has 1 aromatic heterocycles. The summed E-state index contributed by atoms with van der Waals surface area (Å²) in [6.07, 6.45) is 10.8. The monoisotopic (exact) mass is 286 g/mol. The zero-order valence-electron chi connectivity index (χ0n) is 13.0. The first kappa shape index (κ1) is 13.5. The molecule has 0 amide bonds. The van der Waals surface area contributed by atoms with Crippen LogP contribution in [-0.4, -0.2) is 47.6 Å². The van der Waals surface area contributed by atoms with Crippen molar-refractivity contribution in [3.63, 3.8) is 0 Å². The molecule has 0 bridgehead atoms. The van der Waals surface area contributed by atoms with Gasteiger partial charge in [0, 0.05) is 38.1 Å². The second-order valence-electron chi connectivity index (χ2n) is 7.24. The molecule has 0 unspecified atom stereocenters. The van der Waals surface area contributed by atoms with Crippen LogP contribution < -0.4 is 4.90 Å². The van der Waals surface area contributed by atoms with Gasteiger partial charge in [-0.1, -0.05) is 6.42 Å². The minimum atomic E-state index is 0.851. The Bertz CT molecular complexity index is 473. The number of hydrogen-bond donors (Lipinski definition) is 0. The summed E-state index contributed by atoms with van der Waals surface area (Å²) in [5.74, 6) is 3.52. The first-order valence-electron chi connectivity index (χ1n) is 8.53. The van der Waals surface area contributed by atoms with Gasteiger partial charge in [0.25, 0.3) is 0 Å². The van der Waals surface area contributed by atoms with E-state index in [0.29, 0.717) is 0 Å². The molecule has 3 aliphatic rings. The lowest BCUT2D eigenvalue weighted by atomic mass is 9.73. The highest BCUT2D eigenvalue weighted by molar-refractivity contribution is 5.31. The third-order valence-electron chi connectivity index (χ3n) is 5.77. The van der Waals surface area contributed by atoms with E-state index in [1.54, 1.807) is 0 Å². The highest BCUT2D eigenvalue weighted by Crippen LogP contribution is 2.42. The largest absolute Gasteiger partial charge is 0.340 e. The first-order valence-corrected chi connectivity index (χ1v) is 8.53. The topological polar surface area (TPSA) is 32.3 Å². The summed E-state index contributed by atoms with van der Waals surface area (Å²) < 4.78 is 0. The van der Waals surface area contributed by atoms with Crippen molar-refractivity contribution >= 4 is 5.95 Å². The lowest BCUT2D eigenvalue weighted by molar-refractivity contribution is 0.145. The first-order chi connectivity index (χ1) is 10.3. The van der Waals surface area contributed by atoms with Crippen LogP contribution >= 0.6 is 0 Å². The van der Waals surface area contributed by atoms with E-state index in [4.69, 9.17) is 0 Å². The van der Waals surface area contributed by atoms with Gasteiger partial charge in [0.05, 0.1) is 0 Å². The summed E-state index contributed by atoms with van der Waals surface area (Å²) in [4.78, 5) is 13.9. The molecule has 4 nitrogen and oxygen atoms in total. The summed E-state index contributed by atoms with van der Waals surface area (Å²) in [5.41, 5.74) is 0. The molecule has 2 aliphatic carbocycles. The fraction of sp³-hybridized carbons (Fsp3) is 0.765. The summed E-state index contributed by atoms with van der Waals surface area (Å²) in [5, 5.41) is 0. The fourth-order valence-corrected chi connectivity index (χ4v) is 4.47. The second-order valence-corrected chi connectivity index (χ2v) is 7.24. The van der Waals surface area contributed by atoms with Crippen molar-refractivity contribution in [3.05, 3.63) is 18.5 Å². The Hall–Kier alpha value is -1.16. The quantitative estimate of drug-likeness (QED) is 0.851. The lowest BCUT2D eigenvalue weighted by Crippen LogP contribution is -2.36. The molecule has 4 rings (SSSR count). The molecule has 2 saturated carbocycles. The van der Waals surface area contributed by atoms with E-state index in [1.165, 1.54) is 45.2 Å². The number of rotatable bonds is 4. The van der Waals surface area contributed by atoms with Crippen molar-refractivity contribution in [1.82, 2.24) is 14.9 Å². The van der Waals surface area contributed by atoms with Crippen LogP contribution in [-0.2, 0) is 0 Å². The van der Waals surface area contributed by atoms with Gasteiger partial charge in [0.2, 0.25) is 5.95 Å². The SMILES string of the molecule is CN(C[C@@H]1CCC[C@@H]2CN(c3ncccn3)C[C@@H]21)C1CC1. The molecule has 3 fully saturated rings. The Morgan fingerprint density at radius 2 is 1.95 bits per heavy atom. The van der Waals surface area contributed by atoms with Gasteiger partial charge in [0.15, 0.2) is 0 Å². The number of hydrogen-bond acceptors (Lipinski definition) is 4. The van der Waals surface area contributed by atoms with E-state index in [0.717, 1.165) is 36.3 Å². The molecule has 114 valence electrons. The average molecular weight is 286 g/mol. The number of aromatic nitrogens is 2. The van der Waals surface area contributed by atoms with E-state index in [2.05, 4.69) is 26.8 Å². The van der Waals surface area contributed by atoms with Gasteiger partial charge in [-0.2, -0.15) is 0 Å². The van der Waals surface area contributed by atoms with E-state index in [1.807, 2.05) is 18.5 Å². The third-order valence-corrected chi connectivity index (χ3v) is 5.77. The molecule has 0 radical (unpaired) electrons. The highest BCUT2D eigenvalue weighted by Gasteiger charge is 2.42. The lowest BCUT2D eigenvalue weighted by Gasteiger charge is -2.35. The van der Waals surface area contributed by atoms with Crippen molar-refractivity contribution in [2.75, 3.05) is 31.6 Å². The molecule has 1 aliphatic heterocycles. The smallest absolute Gasteiger partial charge is 0.225 e. The Morgan fingerprint density at radius 1 is 1.14 bits per heavy atom. The van der Waals surface area contributed by atoms with E-state index < -0.39 is 0 Å². The molecule has 2 heterocycles. The van der Waals surface area contributed by atoms with E-state index >= 15 is 0 Å². The van der Waals surface area contributed by atoms with Gasteiger partial charge in [-0.15, -0.1) is 0 Å². The molecule has 0 spiro atoms. The highest BCUT2D eigenvalue weighted by atomic mass is 15.3. The predicted octanol–water partition coefficient (Wildman–Crippen LogP) is 2.42. The average Bonchev–Trinajstić information content (AvgIpc) is 3.27. The van der Waals surface area contributed by atoms with Crippen LogP contribution in [0.4, 0.5) is 5.95 Å². The van der Waals surface area contributed by atoms with Gasteiger partial charge in [-0.3, -0.25) is 0 Å². The normalized spacial score (nSPS) is 32.5. The van der Waals surface area contributed by atoms with Crippen molar-refractivity contribution in [2.24, 2.45) is 17.8 Å². The maximum absolute atomic E-state index is 4.45. The van der Waals surface area contributed by atoms with E-state index in [-0.39, 0.29) is 0 Å². The molecular formula is C17H26N4. The molecular weight excluding hydrogens is 260 g/mol. The molecule has 4 heteroatoms. The Balaban J connectivity index is 1.44. The molecule has 0 N–H and O–H groups in total. The van der Waals surface area contributed by atoms with Gasteiger partial charge in [-0.25, -0.2) is 9.97 Å². The minimum Gasteiger partial charge on any atom is -0.340 e. The molecule has 21 heavy (non-hydrogen) atoms. The number of fused-ring (bicyclic) bond motifs is 1. The Labute approximate surface area is 127 Å². The maximum Gasteiger partial charge on any atom is 0.225 e. The van der Waals surface area contributed by atoms with Gasteiger partial charge >= 0.3 is 0 Å². The Morgan fingerprint density at radius 3 is 2.71 bits per heavy atom. The fourth-order valence-electron chi connectivity index (χ4n) is 4.47. The predicted molar refractivity (Wildman–Crippen MR) is 84.2 cm³/mol. The molecule has 1 aromatic rings. The van der Waals surface area contributed by atoms with Gasteiger partial charge in [0.1, 0.15) is 0 Å². The molecule has 0 aromatic carbocycles.